The monoisotopic (exact) mass is 268 g/mol. The SMILES string of the molecule is CC(C)(CN)CNC(=O)C1CCC(C(C)(C)C)CC1. The van der Waals surface area contributed by atoms with Crippen molar-refractivity contribution in [2.45, 2.75) is 60.3 Å². The summed E-state index contributed by atoms with van der Waals surface area (Å²) in [6, 6.07) is 0. The first-order valence-electron chi connectivity index (χ1n) is 7.63. The number of amides is 1. The lowest BCUT2D eigenvalue weighted by Gasteiger charge is -2.36. The fourth-order valence-corrected chi connectivity index (χ4v) is 2.76. The van der Waals surface area contributed by atoms with Gasteiger partial charge < -0.3 is 11.1 Å². The van der Waals surface area contributed by atoms with Crippen LogP contribution in [0.2, 0.25) is 0 Å². The maximum Gasteiger partial charge on any atom is 0.223 e. The molecule has 3 N–H and O–H groups in total. The number of hydrogen-bond acceptors (Lipinski definition) is 2. The van der Waals surface area contributed by atoms with Gasteiger partial charge in [0.05, 0.1) is 0 Å². The van der Waals surface area contributed by atoms with Gasteiger partial charge in [-0.2, -0.15) is 0 Å². The summed E-state index contributed by atoms with van der Waals surface area (Å²) in [5, 5.41) is 3.08. The van der Waals surface area contributed by atoms with Crippen LogP contribution in [-0.2, 0) is 4.79 Å². The summed E-state index contributed by atoms with van der Waals surface area (Å²) >= 11 is 0. The van der Waals surface area contributed by atoms with E-state index < -0.39 is 0 Å². The molecule has 0 bridgehead atoms. The van der Waals surface area contributed by atoms with Crippen molar-refractivity contribution in [3.8, 4) is 0 Å². The van der Waals surface area contributed by atoms with Crippen LogP contribution in [0.4, 0.5) is 0 Å². The van der Waals surface area contributed by atoms with E-state index in [1.165, 1.54) is 12.8 Å². The average Bonchev–Trinajstić information content (AvgIpc) is 2.35. The molecule has 0 aliphatic heterocycles. The van der Waals surface area contributed by atoms with Crippen LogP contribution in [0, 0.1) is 22.7 Å². The third-order valence-electron chi connectivity index (χ3n) is 4.62. The molecule has 0 saturated heterocycles. The number of rotatable bonds is 4. The number of hydrogen-bond donors (Lipinski definition) is 2. The second-order valence-corrected chi connectivity index (χ2v) is 8.00. The van der Waals surface area contributed by atoms with E-state index >= 15 is 0 Å². The summed E-state index contributed by atoms with van der Waals surface area (Å²) in [5.41, 5.74) is 6.06. The molecule has 0 spiro atoms. The molecule has 1 aliphatic rings. The van der Waals surface area contributed by atoms with Gasteiger partial charge in [-0.15, -0.1) is 0 Å². The van der Waals surface area contributed by atoms with Crippen molar-refractivity contribution in [2.75, 3.05) is 13.1 Å². The normalized spacial score (nSPS) is 25.2. The Morgan fingerprint density at radius 2 is 1.63 bits per heavy atom. The molecule has 1 aliphatic carbocycles. The van der Waals surface area contributed by atoms with Gasteiger partial charge in [-0.25, -0.2) is 0 Å². The first-order valence-corrected chi connectivity index (χ1v) is 7.63. The van der Waals surface area contributed by atoms with Crippen molar-refractivity contribution in [1.82, 2.24) is 5.32 Å². The van der Waals surface area contributed by atoms with Crippen LogP contribution >= 0.6 is 0 Å². The molecule has 1 fully saturated rings. The molecule has 3 heteroatoms. The summed E-state index contributed by atoms with van der Waals surface area (Å²) in [5.74, 6) is 1.21. The summed E-state index contributed by atoms with van der Waals surface area (Å²) in [6.45, 7) is 12.4. The fraction of sp³-hybridized carbons (Fsp3) is 0.938. The van der Waals surface area contributed by atoms with Crippen LogP contribution in [0.1, 0.15) is 60.3 Å². The van der Waals surface area contributed by atoms with Gasteiger partial charge in [-0.3, -0.25) is 4.79 Å². The van der Waals surface area contributed by atoms with Gasteiger partial charge in [0, 0.05) is 12.5 Å². The van der Waals surface area contributed by atoms with Crippen LogP contribution in [0.5, 0.6) is 0 Å². The molecule has 0 aromatic carbocycles. The maximum absolute atomic E-state index is 12.2. The van der Waals surface area contributed by atoms with Gasteiger partial charge in [0.15, 0.2) is 0 Å². The van der Waals surface area contributed by atoms with Crippen LogP contribution < -0.4 is 11.1 Å². The van der Waals surface area contributed by atoms with Gasteiger partial charge >= 0.3 is 0 Å². The quantitative estimate of drug-likeness (QED) is 0.823. The van der Waals surface area contributed by atoms with Gasteiger partial charge in [-0.1, -0.05) is 34.6 Å². The molecule has 1 saturated carbocycles. The Hall–Kier alpha value is -0.570. The molecule has 112 valence electrons. The Labute approximate surface area is 118 Å². The van der Waals surface area contributed by atoms with E-state index in [9.17, 15) is 4.79 Å². The van der Waals surface area contributed by atoms with Gasteiger partial charge in [0.25, 0.3) is 0 Å². The first kappa shape index (κ1) is 16.5. The molecule has 0 heterocycles. The molecule has 0 aromatic heterocycles. The van der Waals surface area contributed by atoms with Crippen LogP contribution in [-0.4, -0.2) is 19.0 Å². The topological polar surface area (TPSA) is 55.1 Å². The predicted octanol–water partition coefficient (Wildman–Crippen LogP) is 2.94. The van der Waals surface area contributed by atoms with Crippen molar-refractivity contribution < 1.29 is 4.79 Å². The van der Waals surface area contributed by atoms with Crippen molar-refractivity contribution >= 4 is 5.91 Å². The summed E-state index contributed by atoms with van der Waals surface area (Å²) in [6.07, 6.45) is 4.44. The Balaban J connectivity index is 2.37. The van der Waals surface area contributed by atoms with E-state index in [2.05, 4.69) is 39.9 Å². The largest absolute Gasteiger partial charge is 0.355 e. The zero-order valence-corrected chi connectivity index (χ0v) is 13.4. The van der Waals surface area contributed by atoms with Crippen LogP contribution in [0.3, 0.4) is 0 Å². The molecule has 0 atom stereocenters. The zero-order chi connectivity index (χ0) is 14.7. The molecule has 3 nitrogen and oxygen atoms in total. The van der Waals surface area contributed by atoms with E-state index in [4.69, 9.17) is 5.73 Å². The van der Waals surface area contributed by atoms with Gasteiger partial charge in [0.2, 0.25) is 5.91 Å². The Kier molecular flexibility index (Phi) is 5.43. The number of nitrogens with two attached hydrogens (primary N) is 1. The summed E-state index contributed by atoms with van der Waals surface area (Å²) < 4.78 is 0. The van der Waals surface area contributed by atoms with Crippen LogP contribution in [0.15, 0.2) is 0 Å². The highest BCUT2D eigenvalue weighted by atomic mass is 16.1. The molecule has 0 unspecified atom stereocenters. The Morgan fingerprint density at radius 1 is 1.11 bits per heavy atom. The number of carbonyl (C=O) groups is 1. The predicted molar refractivity (Wildman–Crippen MR) is 80.7 cm³/mol. The first-order chi connectivity index (χ1) is 8.65. The average molecular weight is 268 g/mol. The smallest absolute Gasteiger partial charge is 0.223 e. The highest BCUT2D eigenvalue weighted by molar-refractivity contribution is 5.78. The minimum absolute atomic E-state index is 0.00171. The number of nitrogens with one attached hydrogen (secondary N) is 1. The lowest BCUT2D eigenvalue weighted by Crippen LogP contribution is -2.42. The van der Waals surface area contributed by atoms with Gasteiger partial charge in [0.1, 0.15) is 0 Å². The van der Waals surface area contributed by atoms with E-state index in [1.54, 1.807) is 0 Å². The van der Waals surface area contributed by atoms with Crippen molar-refractivity contribution in [3.05, 3.63) is 0 Å². The minimum Gasteiger partial charge on any atom is -0.355 e. The summed E-state index contributed by atoms with van der Waals surface area (Å²) in [4.78, 5) is 12.2. The maximum atomic E-state index is 12.2. The molecule has 19 heavy (non-hydrogen) atoms. The van der Waals surface area contributed by atoms with E-state index in [0.717, 1.165) is 18.8 Å². The summed E-state index contributed by atoms with van der Waals surface area (Å²) in [7, 11) is 0. The molecule has 0 aromatic rings. The number of carbonyl (C=O) groups excluding carboxylic acids is 1. The molecule has 1 amide bonds. The lowest BCUT2D eigenvalue weighted by molar-refractivity contribution is -0.127. The molecular weight excluding hydrogens is 236 g/mol. The second kappa shape index (κ2) is 6.25. The zero-order valence-electron chi connectivity index (χ0n) is 13.4. The van der Waals surface area contributed by atoms with Crippen LogP contribution in [0.25, 0.3) is 0 Å². The molecule has 0 radical (unpaired) electrons. The van der Waals surface area contributed by atoms with Gasteiger partial charge in [-0.05, 0) is 49.0 Å². The molecular formula is C16H32N2O. The Bertz CT molecular complexity index is 296. The highest BCUT2D eigenvalue weighted by Gasteiger charge is 2.32. The fourth-order valence-electron chi connectivity index (χ4n) is 2.76. The second-order valence-electron chi connectivity index (χ2n) is 8.00. The minimum atomic E-state index is -0.00171. The highest BCUT2D eigenvalue weighted by Crippen LogP contribution is 2.39. The third kappa shape index (κ3) is 5.13. The Morgan fingerprint density at radius 3 is 2.05 bits per heavy atom. The lowest BCUT2D eigenvalue weighted by atomic mass is 9.69. The van der Waals surface area contributed by atoms with Crippen molar-refractivity contribution in [3.63, 3.8) is 0 Å². The van der Waals surface area contributed by atoms with E-state index in [1.807, 2.05) is 0 Å². The third-order valence-corrected chi connectivity index (χ3v) is 4.62. The van der Waals surface area contributed by atoms with E-state index in [-0.39, 0.29) is 17.2 Å². The van der Waals surface area contributed by atoms with Crippen molar-refractivity contribution in [1.29, 1.82) is 0 Å². The van der Waals surface area contributed by atoms with Crippen molar-refractivity contribution in [2.24, 2.45) is 28.4 Å². The standard InChI is InChI=1S/C16H32N2O/c1-15(2,3)13-8-6-12(7-9-13)14(19)18-11-16(4,5)10-17/h12-13H,6-11,17H2,1-5H3,(H,18,19). The van der Waals surface area contributed by atoms with E-state index in [0.29, 0.717) is 18.5 Å². The molecule has 1 rings (SSSR count).